The lowest BCUT2D eigenvalue weighted by atomic mass is 10.2. The van der Waals surface area contributed by atoms with Crippen molar-refractivity contribution in [2.45, 2.75) is 33.2 Å². The molecular weight excluding hydrogens is 300 g/mol. The molecule has 9 heteroatoms. The molecular formula is C14H18N6O3. The summed E-state index contributed by atoms with van der Waals surface area (Å²) in [7, 11) is 0. The Balaban J connectivity index is 2.01. The molecule has 1 N–H and O–H groups in total. The highest BCUT2D eigenvalue weighted by atomic mass is 16.6. The van der Waals surface area contributed by atoms with Gasteiger partial charge in [-0.1, -0.05) is 0 Å². The number of pyridine rings is 1. The minimum atomic E-state index is -0.575. The van der Waals surface area contributed by atoms with Crippen molar-refractivity contribution >= 4 is 11.6 Å². The Hall–Kier alpha value is -2.84. The number of nitro groups is 1. The van der Waals surface area contributed by atoms with E-state index >= 15 is 0 Å². The number of hydrogen-bond acceptors (Lipinski definition) is 6. The first kappa shape index (κ1) is 16.5. The van der Waals surface area contributed by atoms with Crippen molar-refractivity contribution in [3.05, 3.63) is 45.8 Å². The van der Waals surface area contributed by atoms with E-state index in [2.05, 4.69) is 20.5 Å². The lowest BCUT2D eigenvalue weighted by molar-refractivity contribution is -0.385. The maximum atomic E-state index is 12.2. The Morgan fingerprint density at radius 2 is 2.22 bits per heavy atom. The molecule has 23 heavy (non-hydrogen) atoms. The zero-order chi connectivity index (χ0) is 17.0. The Labute approximate surface area is 132 Å². The van der Waals surface area contributed by atoms with Crippen molar-refractivity contribution < 1.29 is 9.72 Å². The van der Waals surface area contributed by atoms with Gasteiger partial charge in [0.1, 0.15) is 18.3 Å². The molecule has 2 aromatic heterocycles. The van der Waals surface area contributed by atoms with Crippen LogP contribution in [0.25, 0.3) is 0 Å². The second-order valence-corrected chi connectivity index (χ2v) is 5.34. The van der Waals surface area contributed by atoms with Crippen molar-refractivity contribution in [3.8, 4) is 0 Å². The molecule has 0 aliphatic heterocycles. The van der Waals surface area contributed by atoms with Crippen LogP contribution in [-0.2, 0) is 6.42 Å². The van der Waals surface area contributed by atoms with Crippen LogP contribution in [0.15, 0.2) is 18.6 Å². The first-order chi connectivity index (χ1) is 10.9. The highest BCUT2D eigenvalue weighted by molar-refractivity contribution is 5.95. The minimum Gasteiger partial charge on any atom is -0.352 e. The molecule has 122 valence electrons. The van der Waals surface area contributed by atoms with Gasteiger partial charge in [0.25, 0.3) is 11.6 Å². The topological polar surface area (TPSA) is 116 Å². The molecule has 0 saturated heterocycles. The number of nitrogens with one attached hydrogen (secondary N) is 1. The third-order valence-corrected chi connectivity index (χ3v) is 3.37. The van der Waals surface area contributed by atoms with Crippen LogP contribution < -0.4 is 5.32 Å². The maximum absolute atomic E-state index is 12.2. The van der Waals surface area contributed by atoms with Gasteiger partial charge in [0, 0.05) is 25.1 Å². The Morgan fingerprint density at radius 3 is 2.87 bits per heavy atom. The van der Waals surface area contributed by atoms with Crippen LogP contribution in [0.2, 0.25) is 0 Å². The van der Waals surface area contributed by atoms with E-state index in [0.717, 1.165) is 12.0 Å². The first-order valence-electron chi connectivity index (χ1n) is 7.17. The second-order valence-electron chi connectivity index (χ2n) is 5.34. The number of rotatable bonds is 6. The minimum absolute atomic E-state index is 0.199. The van der Waals surface area contributed by atoms with Gasteiger partial charge in [-0.15, -0.1) is 10.2 Å². The molecule has 0 unspecified atom stereocenters. The summed E-state index contributed by atoms with van der Waals surface area (Å²) in [4.78, 5) is 26.3. The number of aryl methyl sites for hydroxylation is 1. The quantitative estimate of drug-likeness (QED) is 0.636. The summed E-state index contributed by atoms with van der Waals surface area (Å²) in [5.41, 5.74) is 0.434. The van der Waals surface area contributed by atoms with E-state index in [9.17, 15) is 14.9 Å². The van der Waals surface area contributed by atoms with Gasteiger partial charge in [0.15, 0.2) is 0 Å². The van der Waals surface area contributed by atoms with Crippen LogP contribution >= 0.6 is 0 Å². The molecule has 0 saturated carbocycles. The molecule has 0 fully saturated rings. The highest BCUT2D eigenvalue weighted by Crippen LogP contribution is 2.14. The van der Waals surface area contributed by atoms with Crippen LogP contribution in [0.4, 0.5) is 5.69 Å². The van der Waals surface area contributed by atoms with E-state index in [0.29, 0.717) is 18.7 Å². The first-order valence-corrected chi connectivity index (χ1v) is 7.17. The van der Waals surface area contributed by atoms with Gasteiger partial charge in [-0.2, -0.15) is 0 Å². The monoisotopic (exact) mass is 318 g/mol. The molecule has 9 nitrogen and oxygen atoms in total. The highest BCUT2D eigenvalue weighted by Gasteiger charge is 2.16. The van der Waals surface area contributed by atoms with Crippen LogP contribution in [0.1, 0.15) is 41.8 Å². The standard InChI is InChI=1S/C14H18N6O3/c1-9(2)19-8-17-18-13(19)4-5-15-14(21)12-6-11(20(22)23)7-16-10(12)3/h6-9H,4-5H2,1-3H3,(H,15,21). The lowest BCUT2D eigenvalue weighted by Gasteiger charge is -2.10. The van der Waals surface area contributed by atoms with Crippen molar-refractivity contribution in [1.29, 1.82) is 0 Å². The van der Waals surface area contributed by atoms with Gasteiger partial charge in [0.05, 0.1) is 16.2 Å². The van der Waals surface area contributed by atoms with Crippen LogP contribution in [0.3, 0.4) is 0 Å². The van der Waals surface area contributed by atoms with Crippen molar-refractivity contribution in [2.24, 2.45) is 0 Å². The largest absolute Gasteiger partial charge is 0.352 e. The molecule has 2 heterocycles. The molecule has 0 bridgehead atoms. The second kappa shape index (κ2) is 6.95. The number of hydrogen-bond donors (Lipinski definition) is 1. The number of amides is 1. The van der Waals surface area contributed by atoms with Gasteiger partial charge < -0.3 is 9.88 Å². The molecule has 0 aliphatic carbocycles. The smallest absolute Gasteiger partial charge is 0.288 e. The van der Waals surface area contributed by atoms with E-state index in [1.165, 1.54) is 6.07 Å². The van der Waals surface area contributed by atoms with E-state index in [1.54, 1.807) is 13.3 Å². The van der Waals surface area contributed by atoms with Crippen molar-refractivity contribution in [2.75, 3.05) is 6.54 Å². The molecule has 0 atom stereocenters. The van der Waals surface area contributed by atoms with Gasteiger partial charge in [-0.25, -0.2) is 0 Å². The van der Waals surface area contributed by atoms with Gasteiger partial charge in [-0.05, 0) is 20.8 Å². The number of nitrogens with zero attached hydrogens (tertiary/aromatic N) is 5. The Morgan fingerprint density at radius 1 is 1.48 bits per heavy atom. The van der Waals surface area contributed by atoms with E-state index in [-0.39, 0.29) is 17.3 Å². The fourth-order valence-corrected chi connectivity index (χ4v) is 2.11. The maximum Gasteiger partial charge on any atom is 0.288 e. The molecule has 0 spiro atoms. The predicted molar refractivity (Wildman–Crippen MR) is 82.1 cm³/mol. The van der Waals surface area contributed by atoms with Crippen LogP contribution in [0.5, 0.6) is 0 Å². The summed E-state index contributed by atoms with van der Waals surface area (Å²) in [5, 5.41) is 21.4. The molecule has 2 aromatic rings. The van der Waals surface area contributed by atoms with Crippen LogP contribution in [-0.4, -0.2) is 37.1 Å². The van der Waals surface area contributed by atoms with E-state index in [4.69, 9.17) is 0 Å². The predicted octanol–water partition coefficient (Wildman–Crippen LogP) is 1.44. The normalized spacial score (nSPS) is 10.8. The summed E-state index contributed by atoms with van der Waals surface area (Å²) >= 11 is 0. The average Bonchev–Trinajstić information content (AvgIpc) is 2.96. The Bertz CT molecular complexity index is 725. The summed E-state index contributed by atoms with van der Waals surface area (Å²) in [5.74, 6) is 0.378. The summed E-state index contributed by atoms with van der Waals surface area (Å²) in [6.45, 7) is 6.02. The average molecular weight is 318 g/mol. The molecule has 2 rings (SSSR count). The number of carbonyl (C=O) groups excluding carboxylic acids is 1. The SMILES string of the molecule is Cc1ncc([N+](=O)[O-])cc1C(=O)NCCc1nncn1C(C)C. The van der Waals surface area contributed by atoms with Gasteiger partial charge in [-0.3, -0.25) is 19.9 Å². The van der Waals surface area contributed by atoms with Crippen LogP contribution in [0, 0.1) is 17.0 Å². The summed E-state index contributed by atoms with van der Waals surface area (Å²) in [6.07, 6.45) is 3.30. The van der Waals surface area contributed by atoms with E-state index in [1.807, 2.05) is 18.4 Å². The van der Waals surface area contributed by atoms with E-state index < -0.39 is 10.8 Å². The van der Waals surface area contributed by atoms with Crippen molar-refractivity contribution in [3.63, 3.8) is 0 Å². The number of aromatic nitrogens is 4. The van der Waals surface area contributed by atoms with Crippen molar-refractivity contribution in [1.82, 2.24) is 25.1 Å². The fraction of sp³-hybridized carbons (Fsp3) is 0.429. The van der Waals surface area contributed by atoms with Gasteiger partial charge >= 0.3 is 0 Å². The summed E-state index contributed by atoms with van der Waals surface area (Å²) in [6, 6.07) is 1.47. The third-order valence-electron chi connectivity index (χ3n) is 3.37. The molecule has 0 aliphatic rings. The Kier molecular flexibility index (Phi) is 4.99. The summed E-state index contributed by atoms with van der Waals surface area (Å²) < 4.78 is 1.92. The molecule has 0 aromatic carbocycles. The zero-order valence-electron chi connectivity index (χ0n) is 13.2. The molecule has 1 amide bonds. The van der Waals surface area contributed by atoms with Gasteiger partial charge in [0.2, 0.25) is 0 Å². The lowest BCUT2D eigenvalue weighted by Crippen LogP contribution is -2.27. The molecule has 0 radical (unpaired) electrons. The third kappa shape index (κ3) is 3.87. The zero-order valence-corrected chi connectivity index (χ0v) is 13.2. The number of carbonyl (C=O) groups is 1. The fourth-order valence-electron chi connectivity index (χ4n) is 2.11.